The lowest BCUT2D eigenvalue weighted by atomic mass is 9.56. The van der Waals surface area contributed by atoms with Crippen LogP contribution in [0.3, 0.4) is 0 Å². The first kappa shape index (κ1) is 18.3. The topological polar surface area (TPSA) is 59.9 Å². The maximum Gasteiger partial charge on any atom is 0.428 e. The van der Waals surface area contributed by atoms with Crippen LogP contribution in [0.15, 0.2) is 23.3 Å². The van der Waals surface area contributed by atoms with Gasteiger partial charge in [0.05, 0.1) is 5.56 Å². The second kappa shape index (κ2) is 6.51. The second-order valence-electron chi connectivity index (χ2n) is 7.67. The Morgan fingerprint density at radius 1 is 1.22 bits per heavy atom. The molecule has 0 bridgehead atoms. The lowest BCUT2D eigenvalue weighted by molar-refractivity contribution is -0.139. The van der Waals surface area contributed by atoms with Crippen molar-refractivity contribution in [2.45, 2.75) is 50.8 Å². The Balaban J connectivity index is 1.63. The van der Waals surface area contributed by atoms with E-state index in [1.54, 1.807) is 19.1 Å². The first-order valence-electron chi connectivity index (χ1n) is 9.11. The summed E-state index contributed by atoms with van der Waals surface area (Å²) in [5.41, 5.74) is 2.60. The molecule has 1 atom stereocenters. The fraction of sp³-hybridized carbons (Fsp3) is 0.579. The number of carbonyl (C=O) groups excluding carboxylic acids is 1. The van der Waals surface area contributed by atoms with Gasteiger partial charge in [0.25, 0.3) is 0 Å². The first-order chi connectivity index (χ1) is 12.8. The molecule has 1 N–H and O–H groups in total. The van der Waals surface area contributed by atoms with Gasteiger partial charge in [-0.05, 0) is 55.6 Å². The SMILES string of the molecule is C[C@@H]1OC(=O)NN=C1c1ccc(C2CC3(CCOCC3)C2)c(C(F)(F)F)c1. The minimum atomic E-state index is -4.45. The van der Waals surface area contributed by atoms with Crippen molar-refractivity contribution in [3.8, 4) is 0 Å². The van der Waals surface area contributed by atoms with E-state index >= 15 is 0 Å². The molecule has 1 amide bonds. The molecule has 1 aliphatic carbocycles. The third kappa shape index (κ3) is 3.42. The van der Waals surface area contributed by atoms with Crippen molar-refractivity contribution in [2.75, 3.05) is 13.2 Å². The van der Waals surface area contributed by atoms with E-state index in [9.17, 15) is 18.0 Å². The molecule has 4 rings (SSSR count). The Labute approximate surface area is 154 Å². The van der Waals surface area contributed by atoms with Crippen LogP contribution in [0.1, 0.15) is 55.2 Å². The Morgan fingerprint density at radius 3 is 2.56 bits per heavy atom. The molecule has 1 saturated carbocycles. The number of rotatable bonds is 2. The van der Waals surface area contributed by atoms with Crippen molar-refractivity contribution >= 4 is 11.8 Å². The van der Waals surface area contributed by atoms with Gasteiger partial charge < -0.3 is 9.47 Å². The van der Waals surface area contributed by atoms with Gasteiger partial charge in [0.1, 0.15) is 11.8 Å². The van der Waals surface area contributed by atoms with Gasteiger partial charge in [-0.2, -0.15) is 18.3 Å². The number of benzene rings is 1. The number of nitrogens with zero attached hydrogens (tertiary/aromatic N) is 1. The summed E-state index contributed by atoms with van der Waals surface area (Å²) in [5, 5.41) is 3.87. The molecule has 146 valence electrons. The number of halogens is 3. The molecule has 1 saturated heterocycles. The summed E-state index contributed by atoms with van der Waals surface area (Å²) in [6, 6.07) is 4.32. The van der Waals surface area contributed by atoms with Crippen LogP contribution in [0.2, 0.25) is 0 Å². The minimum absolute atomic E-state index is 0.0876. The highest BCUT2D eigenvalue weighted by Crippen LogP contribution is 2.57. The summed E-state index contributed by atoms with van der Waals surface area (Å²) in [7, 11) is 0. The molecule has 3 aliphatic rings. The predicted octanol–water partition coefficient (Wildman–Crippen LogP) is 4.21. The molecular formula is C19H21F3N2O3. The number of alkyl halides is 3. The van der Waals surface area contributed by atoms with E-state index in [-0.39, 0.29) is 17.0 Å². The van der Waals surface area contributed by atoms with E-state index < -0.39 is 23.9 Å². The maximum atomic E-state index is 13.7. The van der Waals surface area contributed by atoms with Gasteiger partial charge in [-0.3, -0.25) is 0 Å². The molecular weight excluding hydrogens is 361 g/mol. The summed E-state index contributed by atoms with van der Waals surface area (Å²) >= 11 is 0. The van der Waals surface area contributed by atoms with Crippen molar-refractivity contribution in [2.24, 2.45) is 10.5 Å². The molecule has 0 aromatic heterocycles. The zero-order chi connectivity index (χ0) is 19.2. The third-order valence-electron chi connectivity index (χ3n) is 5.94. The molecule has 0 unspecified atom stereocenters. The van der Waals surface area contributed by atoms with Crippen LogP contribution in [0.25, 0.3) is 0 Å². The lowest BCUT2D eigenvalue weighted by Crippen LogP contribution is -2.41. The van der Waals surface area contributed by atoms with E-state index in [1.807, 2.05) is 0 Å². The van der Waals surface area contributed by atoms with Crippen LogP contribution < -0.4 is 5.43 Å². The Hall–Kier alpha value is -2.09. The zero-order valence-corrected chi connectivity index (χ0v) is 14.9. The average molecular weight is 382 g/mol. The molecule has 2 fully saturated rings. The van der Waals surface area contributed by atoms with Gasteiger partial charge >= 0.3 is 12.3 Å². The number of carbonyl (C=O) groups is 1. The van der Waals surface area contributed by atoms with Crippen LogP contribution in [0, 0.1) is 5.41 Å². The molecule has 5 nitrogen and oxygen atoms in total. The van der Waals surface area contributed by atoms with Gasteiger partial charge in [-0.1, -0.05) is 12.1 Å². The van der Waals surface area contributed by atoms with Crippen LogP contribution in [0.5, 0.6) is 0 Å². The summed E-state index contributed by atoms with van der Waals surface area (Å²) in [6.45, 7) is 2.97. The maximum absolute atomic E-state index is 13.7. The standard InChI is InChI=1S/C19H21F3N2O3/c1-11-16(23-24-17(25)27-11)12-2-3-14(15(8-12)19(20,21)22)13-9-18(10-13)4-6-26-7-5-18/h2-3,8,11,13H,4-7,9-10H2,1H3,(H,24,25)/t11-/m0/s1. The number of hydrogen-bond acceptors (Lipinski definition) is 4. The highest BCUT2D eigenvalue weighted by molar-refractivity contribution is 6.05. The Kier molecular flexibility index (Phi) is 4.41. The van der Waals surface area contributed by atoms with Crippen molar-refractivity contribution in [3.63, 3.8) is 0 Å². The van der Waals surface area contributed by atoms with Crippen molar-refractivity contribution in [1.82, 2.24) is 5.43 Å². The van der Waals surface area contributed by atoms with Crippen LogP contribution in [-0.2, 0) is 15.7 Å². The number of amides is 1. The summed E-state index contributed by atoms with van der Waals surface area (Å²) in [4.78, 5) is 11.2. The Bertz CT molecular complexity index is 777. The van der Waals surface area contributed by atoms with Crippen LogP contribution >= 0.6 is 0 Å². The smallest absolute Gasteiger partial charge is 0.428 e. The normalized spacial score (nSPS) is 25.4. The number of hydrazone groups is 1. The van der Waals surface area contributed by atoms with E-state index in [4.69, 9.17) is 9.47 Å². The van der Waals surface area contributed by atoms with E-state index in [0.29, 0.717) is 24.3 Å². The number of hydrogen-bond donors (Lipinski definition) is 1. The van der Waals surface area contributed by atoms with Crippen molar-refractivity contribution < 1.29 is 27.4 Å². The molecule has 8 heteroatoms. The molecule has 1 aromatic carbocycles. The molecule has 27 heavy (non-hydrogen) atoms. The zero-order valence-electron chi connectivity index (χ0n) is 14.9. The summed E-state index contributed by atoms with van der Waals surface area (Å²) < 4.78 is 51.6. The van der Waals surface area contributed by atoms with Crippen LogP contribution in [-0.4, -0.2) is 31.1 Å². The second-order valence-corrected chi connectivity index (χ2v) is 7.67. The predicted molar refractivity (Wildman–Crippen MR) is 91.5 cm³/mol. The minimum Gasteiger partial charge on any atom is -0.439 e. The van der Waals surface area contributed by atoms with Crippen LogP contribution in [0.4, 0.5) is 18.0 Å². The van der Waals surface area contributed by atoms with Gasteiger partial charge in [0, 0.05) is 18.8 Å². The Morgan fingerprint density at radius 2 is 1.93 bits per heavy atom. The first-order valence-corrected chi connectivity index (χ1v) is 9.11. The molecule has 1 spiro atoms. The molecule has 0 radical (unpaired) electrons. The van der Waals surface area contributed by atoms with Gasteiger partial charge in [-0.25, -0.2) is 10.2 Å². The average Bonchev–Trinajstić information content (AvgIpc) is 2.59. The van der Waals surface area contributed by atoms with E-state index in [2.05, 4.69) is 10.5 Å². The summed E-state index contributed by atoms with van der Waals surface area (Å²) in [6.07, 6.45) is -2.48. The molecule has 1 aromatic rings. The fourth-order valence-electron chi connectivity index (χ4n) is 4.47. The quantitative estimate of drug-likeness (QED) is 0.834. The van der Waals surface area contributed by atoms with Gasteiger partial charge in [0.2, 0.25) is 0 Å². The third-order valence-corrected chi connectivity index (χ3v) is 5.94. The van der Waals surface area contributed by atoms with E-state index in [1.165, 1.54) is 0 Å². The lowest BCUT2D eigenvalue weighted by Gasteiger charge is -2.50. The highest BCUT2D eigenvalue weighted by Gasteiger charge is 2.48. The van der Waals surface area contributed by atoms with Crippen molar-refractivity contribution in [1.29, 1.82) is 0 Å². The monoisotopic (exact) mass is 382 g/mol. The van der Waals surface area contributed by atoms with Gasteiger partial charge in [-0.15, -0.1) is 0 Å². The fourth-order valence-corrected chi connectivity index (χ4v) is 4.47. The number of nitrogens with one attached hydrogen (secondary N) is 1. The number of ether oxygens (including phenoxy) is 2. The molecule has 2 heterocycles. The summed E-state index contributed by atoms with van der Waals surface area (Å²) in [5.74, 6) is -0.0876. The van der Waals surface area contributed by atoms with Gasteiger partial charge in [0.15, 0.2) is 0 Å². The largest absolute Gasteiger partial charge is 0.439 e. The van der Waals surface area contributed by atoms with E-state index in [0.717, 1.165) is 31.7 Å². The number of cyclic esters (lactones) is 1. The van der Waals surface area contributed by atoms with Crippen molar-refractivity contribution in [3.05, 3.63) is 34.9 Å². The molecule has 2 aliphatic heterocycles. The highest BCUT2D eigenvalue weighted by atomic mass is 19.4.